The molecule has 4 aliphatic rings. The molecular formula is C35H46Br2N5O4+. The first-order valence-corrected chi connectivity index (χ1v) is 18.3. The molecule has 3 amide bonds. The monoisotopic (exact) mass is 758 g/mol. The minimum absolute atomic E-state index is 0.112. The van der Waals surface area contributed by atoms with E-state index in [1.165, 1.54) is 12.8 Å². The summed E-state index contributed by atoms with van der Waals surface area (Å²) in [6.07, 6.45) is 7.27. The van der Waals surface area contributed by atoms with Gasteiger partial charge in [0.25, 0.3) is 0 Å². The number of aldehydes is 1. The number of carbonyl (C=O) groups excluding carboxylic acids is 3. The third-order valence-electron chi connectivity index (χ3n) is 11.4. The third kappa shape index (κ3) is 6.75. The summed E-state index contributed by atoms with van der Waals surface area (Å²) in [4.78, 5) is 44.2. The molecule has 6 rings (SSSR count). The number of carbonyl (C=O) groups is 3. The van der Waals surface area contributed by atoms with Crippen LogP contribution in [0.4, 0.5) is 15.3 Å². The second-order valence-corrected chi connectivity index (χ2v) is 15.5. The lowest BCUT2D eigenvalue weighted by molar-refractivity contribution is -0.976. The molecule has 2 aromatic rings. The highest BCUT2D eigenvalue weighted by atomic mass is 79.9. The molecule has 0 saturated carbocycles. The van der Waals surface area contributed by atoms with Crippen molar-refractivity contribution in [1.82, 2.24) is 15.1 Å². The lowest BCUT2D eigenvalue weighted by Gasteiger charge is -2.60. The number of hydrogen-bond acceptors (Lipinski definition) is 5. The normalized spacial score (nSPS) is 29.0. The van der Waals surface area contributed by atoms with E-state index in [9.17, 15) is 14.4 Å². The standard InChI is InChI=1S/C35H45Br2N5O4/c1-42(19-12-27(13-20-42)26-8-15-38-16-9-26)35(14-21-43)23-29(40-17-10-28-4-2-3-5-32(28)39-33(40)44)11-18-41(35)34(45)46-24-25-6-7-30(36)31(37)22-25/h2-7,21-22,26-27,29,38H,8-20,23-24H2,1H3/p+1/t27?,29-,35+,42?/m1/s1. The zero-order valence-electron chi connectivity index (χ0n) is 26.7. The van der Waals surface area contributed by atoms with Gasteiger partial charge in [-0.25, -0.2) is 9.59 Å². The number of likely N-dealkylation sites (tertiary alicyclic amines) is 2. The van der Waals surface area contributed by atoms with Crippen LogP contribution in [0.15, 0.2) is 51.4 Å². The van der Waals surface area contributed by atoms with Gasteiger partial charge in [-0.15, -0.1) is 0 Å². The van der Waals surface area contributed by atoms with Crippen LogP contribution < -0.4 is 10.6 Å². The molecular weight excluding hydrogens is 714 g/mol. The molecule has 3 fully saturated rings. The van der Waals surface area contributed by atoms with Crippen LogP contribution in [0.1, 0.15) is 56.1 Å². The Hall–Kier alpha value is -2.47. The van der Waals surface area contributed by atoms with Gasteiger partial charge in [-0.1, -0.05) is 24.3 Å². The molecule has 0 radical (unpaired) electrons. The number of quaternary nitrogens is 1. The number of fused-ring (bicyclic) bond motifs is 1. The predicted octanol–water partition coefficient (Wildman–Crippen LogP) is 6.54. The molecule has 4 heterocycles. The van der Waals surface area contributed by atoms with Crippen LogP contribution in [0.2, 0.25) is 0 Å². The van der Waals surface area contributed by atoms with Gasteiger partial charge in [0, 0.05) is 40.2 Å². The number of benzene rings is 2. The highest BCUT2D eigenvalue weighted by Crippen LogP contribution is 2.45. The maximum absolute atomic E-state index is 14.1. The average molecular weight is 761 g/mol. The number of amides is 3. The minimum atomic E-state index is -0.819. The van der Waals surface area contributed by atoms with E-state index in [4.69, 9.17) is 4.74 Å². The van der Waals surface area contributed by atoms with Crippen LogP contribution in [0, 0.1) is 11.8 Å². The zero-order valence-corrected chi connectivity index (χ0v) is 29.9. The Morgan fingerprint density at radius 3 is 2.50 bits per heavy atom. The smallest absolute Gasteiger partial charge is 0.414 e. The Morgan fingerprint density at radius 2 is 1.76 bits per heavy atom. The average Bonchev–Trinajstić information content (AvgIpc) is 3.24. The van der Waals surface area contributed by atoms with Gasteiger partial charge in [0.05, 0.1) is 26.6 Å². The summed E-state index contributed by atoms with van der Waals surface area (Å²) >= 11 is 7.05. The van der Waals surface area contributed by atoms with Crippen LogP contribution in [0.3, 0.4) is 0 Å². The van der Waals surface area contributed by atoms with Crippen LogP contribution >= 0.6 is 31.9 Å². The van der Waals surface area contributed by atoms with Crippen molar-refractivity contribution in [3.05, 3.63) is 62.5 Å². The molecule has 2 atom stereocenters. The largest absolute Gasteiger partial charge is 0.444 e. The maximum atomic E-state index is 14.1. The number of nitrogens with one attached hydrogen (secondary N) is 2. The number of ether oxygens (including phenoxy) is 1. The van der Waals surface area contributed by atoms with Crippen molar-refractivity contribution in [3.63, 3.8) is 0 Å². The van der Waals surface area contributed by atoms with E-state index < -0.39 is 11.8 Å². The highest BCUT2D eigenvalue weighted by Gasteiger charge is 2.59. The number of anilines is 1. The number of rotatable bonds is 7. The molecule has 0 aliphatic carbocycles. The molecule has 2 aromatic carbocycles. The van der Waals surface area contributed by atoms with E-state index in [0.717, 1.165) is 83.4 Å². The van der Waals surface area contributed by atoms with Gasteiger partial charge in [-0.05, 0) is 125 Å². The Kier molecular flexibility index (Phi) is 10.4. The predicted molar refractivity (Wildman–Crippen MR) is 185 cm³/mol. The van der Waals surface area contributed by atoms with Gasteiger partial charge in [0.1, 0.15) is 12.9 Å². The van der Waals surface area contributed by atoms with Crippen LogP contribution in [-0.4, -0.2) is 90.7 Å². The molecule has 0 aromatic heterocycles. The molecule has 2 N–H and O–H groups in total. The van der Waals surface area contributed by atoms with Gasteiger partial charge in [0.15, 0.2) is 5.66 Å². The van der Waals surface area contributed by atoms with Crippen molar-refractivity contribution in [1.29, 1.82) is 0 Å². The summed E-state index contributed by atoms with van der Waals surface area (Å²) in [5.41, 5.74) is 2.04. The number of piperidine rings is 3. The van der Waals surface area contributed by atoms with Crippen LogP contribution in [0.5, 0.6) is 0 Å². The van der Waals surface area contributed by atoms with Crippen LogP contribution in [0.25, 0.3) is 0 Å². The second kappa shape index (κ2) is 14.3. The summed E-state index contributed by atoms with van der Waals surface area (Å²) < 4.78 is 8.43. The molecule has 0 unspecified atom stereocenters. The topological polar surface area (TPSA) is 91.0 Å². The van der Waals surface area contributed by atoms with Gasteiger partial charge in [-0.3, -0.25) is 4.90 Å². The van der Waals surface area contributed by atoms with Crippen molar-refractivity contribution in [2.45, 2.75) is 69.7 Å². The molecule has 11 heteroatoms. The number of urea groups is 1. The summed E-state index contributed by atoms with van der Waals surface area (Å²) in [5.74, 6) is 1.39. The van der Waals surface area contributed by atoms with Crippen LogP contribution in [-0.2, 0) is 22.6 Å². The Morgan fingerprint density at radius 1 is 1.02 bits per heavy atom. The summed E-state index contributed by atoms with van der Waals surface area (Å²) in [7, 11) is 2.23. The van der Waals surface area contributed by atoms with E-state index in [1.807, 2.05) is 46.2 Å². The van der Waals surface area contributed by atoms with Crippen molar-refractivity contribution >= 4 is 56.0 Å². The Bertz CT molecular complexity index is 1430. The van der Waals surface area contributed by atoms with Crippen molar-refractivity contribution in [2.75, 3.05) is 51.6 Å². The highest BCUT2D eigenvalue weighted by molar-refractivity contribution is 9.13. The van der Waals surface area contributed by atoms with Crippen molar-refractivity contribution in [2.24, 2.45) is 11.8 Å². The van der Waals surface area contributed by atoms with Gasteiger partial charge < -0.3 is 29.5 Å². The van der Waals surface area contributed by atoms with E-state index in [0.29, 0.717) is 36.3 Å². The first kappa shape index (κ1) is 33.4. The summed E-state index contributed by atoms with van der Waals surface area (Å²) in [6.45, 7) is 5.09. The van der Waals surface area contributed by atoms with Gasteiger partial charge in [-0.2, -0.15) is 0 Å². The third-order valence-corrected chi connectivity index (χ3v) is 13.2. The number of nitrogens with zero attached hydrogens (tertiary/aromatic N) is 3. The molecule has 0 spiro atoms. The number of para-hydroxylation sites is 1. The Balaban J connectivity index is 1.27. The molecule has 248 valence electrons. The van der Waals surface area contributed by atoms with Crippen molar-refractivity contribution in [3.8, 4) is 0 Å². The molecule has 3 saturated heterocycles. The lowest BCUT2D eigenvalue weighted by atomic mass is 9.76. The molecule has 9 nitrogen and oxygen atoms in total. The first-order chi connectivity index (χ1) is 22.2. The van der Waals surface area contributed by atoms with E-state index in [1.54, 1.807) is 0 Å². The van der Waals surface area contributed by atoms with E-state index >= 15 is 0 Å². The number of hydrogen-bond donors (Lipinski definition) is 2. The quantitative estimate of drug-likeness (QED) is 0.247. The SMILES string of the molecule is C[N+]1([C@@]2(CC=O)C[C@H](N3CCc4ccccc4NC3=O)CCN2C(=O)OCc2ccc(Br)c(Br)c2)CCC(C2CCNCC2)CC1. The fourth-order valence-corrected chi connectivity index (χ4v) is 9.29. The number of halogens is 2. The molecule has 0 bridgehead atoms. The Labute approximate surface area is 289 Å². The lowest BCUT2D eigenvalue weighted by Crippen LogP contribution is -2.76. The first-order valence-electron chi connectivity index (χ1n) is 16.8. The molecule has 46 heavy (non-hydrogen) atoms. The summed E-state index contributed by atoms with van der Waals surface area (Å²) in [6, 6.07) is 13.5. The zero-order chi connectivity index (χ0) is 32.3. The fraction of sp³-hybridized carbons (Fsp3) is 0.571. The van der Waals surface area contributed by atoms with Gasteiger partial charge in [0.2, 0.25) is 0 Å². The molecule has 4 aliphatic heterocycles. The van der Waals surface area contributed by atoms with E-state index in [2.05, 4.69) is 55.6 Å². The minimum Gasteiger partial charge on any atom is -0.444 e. The van der Waals surface area contributed by atoms with Crippen molar-refractivity contribution < 1.29 is 23.6 Å². The second-order valence-electron chi connectivity index (χ2n) is 13.8. The van der Waals surface area contributed by atoms with Gasteiger partial charge >= 0.3 is 12.1 Å². The fourth-order valence-electron chi connectivity index (χ4n) is 8.61. The summed E-state index contributed by atoms with van der Waals surface area (Å²) in [5, 5.41) is 6.64. The van der Waals surface area contributed by atoms with E-state index in [-0.39, 0.29) is 25.1 Å². The maximum Gasteiger partial charge on any atom is 0.414 e.